The van der Waals surface area contributed by atoms with Gasteiger partial charge in [-0.25, -0.2) is 0 Å². The van der Waals surface area contributed by atoms with Gasteiger partial charge in [-0.1, -0.05) is 39.7 Å². The summed E-state index contributed by atoms with van der Waals surface area (Å²) in [5, 5.41) is 0.760. The minimum absolute atomic E-state index is 0.259. The standard InChI is InChI=1S/C12H12BrClO/c13-12(8-11-2-1-7-15-11)9-3-5-10(14)6-4-9/h3-6,8,11H,1-2,7H2/b12-8+/t11-/m0/s1. The Morgan fingerprint density at radius 2 is 2.13 bits per heavy atom. The van der Waals surface area contributed by atoms with Gasteiger partial charge in [0, 0.05) is 16.1 Å². The van der Waals surface area contributed by atoms with Crippen molar-refractivity contribution in [3.8, 4) is 0 Å². The molecular weight excluding hydrogens is 275 g/mol. The van der Waals surface area contributed by atoms with Gasteiger partial charge in [-0.3, -0.25) is 0 Å². The van der Waals surface area contributed by atoms with Gasteiger partial charge in [-0.2, -0.15) is 0 Å². The van der Waals surface area contributed by atoms with Crippen LogP contribution in [-0.4, -0.2) is 12.7 Å². The van der Waals surface area contributed by atoms with Crippen LogP contribution in [0.15, 0.2) is 30.3 Å². The van der Waals surface area contributed by atoms with E-state index in [0.29, 0.717) is 0 Å². The first-order valence-corrected chi connectivity index (χ1v) is 6.17. The molecule has 0 radical (unpaired) electrons. The topological polar surface area (TPSA) is 9.23 Å². The monoisotopic (exact) mass is 286 g/mol. The van der Waals surface area contributed by atoms with Crippen molar-refractivity contribution in [3.63, 3.8) is 0 Å². The van der Waals surface area contributed by atoms with E-state index in [1.165, 1.54) is 0 Å². The molecule has 1 atom stereocenters. The first-order valence-electron chi connectivity index (χ1n) is 5.00. The zero-order valence-electron chi connectivity index (χ0n) is 8.25. The summed E-state index contributed by atoms with van der Waals surface area (Å²) in [6, 6.07) is 7.78. The van der Waals surface area contributed by atoms with Crippen molar-refractivity contribution in [2.75, 3.05) is 6.61 Å². The largest absolute Gasteiger partial charge is 0.374 e. The number of halogens is 2. The van der Waals surface area contributed by atoms with Gasteiger partial charge in [0.1, 0.15) is 0 Å². The molecule has 1 heterocycles. The number of hydrogen-bond acceptors (Lipinski definition) is 1. The van der Waals surface area contributed by atoms with E-state index in [-0.39, 0.29) is 6.10 Å². The smallest absolute Gasteiger partial charge is 0.0770 e. The lowest BCUT2D eigenvalue weighted by Crippen LogP contribution is -1.99. The predicted molar refractivity (Wildman–Crippen MR) is 67.3 cm³/mol. The van der Waals surface area contributed by atoms with E-state index in [4.69, 9.17) is 16.3 Å². The summed E-state index contributed by atoms with van der Waals surface area (Å²) in [6.45, 7) is 0.877. The van der Waals surface area contributed by atoms with Crippen molar-refractivity contribution in [1.29, 1.82) is 0 Å². The molecule has 0 unspecified atom stereocenters. The van der Waals surface area contributed by atoms with E-state index in [1.54, 1.807) is 0 Å². The Morgan fingerprint density at radius 3 is 2.73 bits per heavy atom. The second-order valence-electron chi connectivity index (χ2n) is 3.57. The van der Waals surface area contributed by atoms with Crippen LogP contribution in [-0.2, 0) is 4.74 Å². The molecule has 0 amide bonds. The third-order valence-corrected chi connectivity index (χ3v) is 3.39. The summed E-state index contributed by atoms with van der Waals surface area (Å²) in [4.78, 5) is 0. The molecule has 80 valence electrons. The maximum Gasteiger partial charge on any atom is 0.0770 e. The minimum atomic E-state index is 0.259. The fourth-order valence-corrected chi connectivity index (χ4v) is 2.29. The Morgan fingerprint density at radius 1 is 1.40 bits per heavy atom. The maximum absolute atomic E-state index is 5.83. The highest BCUT2D eigenvalue weighted by Gasteiger charge is 2.13. The zero-order chi connectivity index (χ0) is 10.7. The van der Waals surface area contributed by atoms with Crippen LogP contribution >= 0.6 is 27.5 Å². The lowest BCUT2D eigenvalue weighted by atomic mass is 10.1. The average Bonchev–Trinajstić information content (AvgIpc) is 2.71. The van der Waals surface area contributed by atoms with Crippen LogP contribution < -0.4 is 0 Å². The van der Waals surface area contributed by atoms with Crippen LogP contribution in [0.5, 0.6) is 0 Å². The number of hydrogen-bond donors (Lipinski definition) is 0. The van der Waals surface area contributed by atoms with Gasteiger partial charge in [0.25, 0.3) is 0 Å². The van der Waals surface area contributed by atoms with Crippen LogP contribution in [0.3, 0.4) is 0 Å². The number of ether oxygens (including phenoxy) is 1. The quantitative estimate of drug-likeness (QED) is 0.790. The normalized spacial score (nSPS) is 22.0. The second-order valence-corrected chi connectivity index (χ2v) is 4.86. The molecule has 0 N–H and O–H groups in total. The van der Waals surface area contributed by atoms with Gasteiger partial charge in [-0.15, -0.1) is 0 Å². The molecule has 1 aliphatic rings. The lowest BCUT2D eigenvalue weighted by molar-refractivity contribution is 0.146. The Kier molecular flexibility index (Phi) is 3.84. The maximum atomic E-state index is 5.83. The number of rotatable bonds is 2. The molecule has 1 fully saturated rings. The Balaban J connectivity index is 2.12. The van der Waals surface area contributed by atoms with Crippen molar-refractivity contribution in [3.05, 3.63) is 40.9 Å². The molecular formula is C12H12BrClO. The van der Waals surface area contributed by atoms with Crippen LogP contribution in [0.1, 0.15) is 18.4 Å². The molecule has 0 bridgehead atoms. The Hall–Kier alpha value is -0.310. The summed E-state index contributed by atoms with van der Waals surface area (Å²) in [5.74, 6) is 0. The highest BCUT2D eigenvalue weighted by Crippen LogP contribution is 2.26. The molecule has 0 spiro atoms. The molecule has 2 rings (SSSR count). The molecule has 3 heteroatoms. The van der Waals surface area contributed by atoms with Crippen molar-refractivity contribution < 1.29 is 4.74 Å². The summed E-state index contributed by atoms with van der Waals surface area (Å²) in [7, 11) is 0. The summed E-state index contributed by atoms with van der Waals surface area (Å²) in [5.41, 5.74) is 1.13. The van der Waals surface area contributed by atoms with E-state index >= 15 is 0 Å². The zero-order valence-corrected chi connectivity index (χ0v) is 10.6. The van der Waals surface area contributed by atoms with Gasteiger partial charge >= 0.3 is 0 Å². The van der Waals surface area contributed by atoms with E-state index < -0.39 is 0 Å². The first kappa shape index (κ1) is 11.2. The molecule has 1 aromatic carbocycles. The predicted octanol–water partition coefficient (Wildman–Crippen LogP) is 4.25. The molecule has 0 aromatic heterocycles. The van der Waals surface area contributed by atoms with Crippen LogP contribution in [0.4, 0.5) is 0 Å². The van der Waals surface area contributed by atoms with Gasteiger partial charge in [-0.05, 0) is 36.6 Å². The molecule has 0 aliphatic carbocycles. The number of benzene rings is 1. The highest BCUT2D eigenvalue weighted by atomic mass is 79.9. The fraction of sp³-hybridized carbons (Fsp3) is 0.333. The molecule has 1 aromatic rings. The molecule has 15 heavy (non-hydrogen) atoms. The third-order valence-electron chi connectivity index (χ3n) is 2.42. The van der Waals surface area contributed by atoms with Gasteiger partial charge in [0.15, 0.2) is 0 Å². The van der Waals surface area contributed by atoms with Gasteiger partial charge in [0.2, 0.25) is 0 Å². The lowest BCUT2D eigenvalue weighted by Gasteiger charge is -2.05. The van der Waals surface area contributed by atoms with Crippen LogP contribution in [0.25, 0.3) is 4.48 Å². The van der Waals surface area contributed by atoms with Crippen LogP contribution in [0.2, 0.25) is 5.02 Å². The van der Waals surface area contributed by atoms with E-state index in [1.807, 2.05) is 24.3 Å². The minimum Gasteiger partial charge on any atom is -0.374 e. The summed E-state index contributed by atoms with van der Waals surface area (Å²) < 4.78 is 6.61. The van der Waals surface area contributed by atoms with Gasteiger partial charge in [0.05, 0.1) is 6.10 Å². The third kappa shape index (κ3) is 3.07. The van der Waals surface area contributed by atoms with Crippen molar-refractivity contribution in [1.82, 2.24) is 0 Å². The van der Waals surface area contributed by atoms with E-state index in [2.05, 4.69) is 22.0 Å². The average molecular weight is 288 g/mol. The Labute approximate surface area is 103 Å². The molecule has 1 nitrogen and oxygen atoms in total. The van der Waals surface area contributed by atoms with E-state index in [9.17, 15) is 0 Å². The molecule has 1 aliphatic heterocycles. The fourth-order valence-electron chi connectivity index (χ4n) is 1.60. The first-order chi connectivity index (χ1) is 7.25. The van der Waals surface area contributed by atoms with Gasteiger partial charge < -0.3 is 4.74 Å². The van der Waals surface area contributed by atoms with Crippen LogP contribution in [0, 0.1) is 0 Å². The summed E-state index contributed by atoms with van der Waals surface area (Å²) in [6.07, 6.45) is 4.65. The van der Waals surface area contributed by atoms with Crippen molar-refractivity contribution in [2.45, 2.75) is 18.9 Å². The van der Waals surface area contributed by atoms with Crippen molar-refractivity contribution >= 4 is 32.0 Å². The molecule has 0 saturated carbocycles. The summed E-state index contributed by atoms with van der Waals surface area (Å²) >= 11 is 9.39. The van der Waals surface area contributed by atoms with E-state index in [0.717, 1.165) is 34.5 Å². The Bertz CT molecular complexity index is 352. The van der Waals surface area contributed by atoms with Crippen molar-refractivity contribution in [2.24, 2.45) is 0 Å². The highest BCUT2D eigenvalue weighted by molar-refractivity contribution is 9.15. The molecule has 1 saturated heterocycles. The SMILES string of the molecule is Clc1ccc(/C(Br)=C\[C@@H]2CCCO2)cc1. The second kappa shape index (κ2) is 5.15.